The monoisotopic (exact) mass is 193 g/mol. The van der Waals surface area contributed by atoms with Crippen molar-refractivity contribution in [1.29, 1.82) is 0 Å². The van der Waals surface area contributed by atoms with Gasteiger partial charge in [-0.25, -0.2) is 13.6 Å². The van der Waals surface area contributed by atoms with Gasteiger partial charge < -0.3 is 10.5 Å². The molecule has 13 heavy (non-hydrogen) atoms. The van der Waals surface area contributed by atoms with Crippen molar-refractivity contribution in [3.8, 4) is 0 Å². The van der Waals surface area contributed by atoms with Crippen LogP contribution < -0.4 is 5.73 Å². The minimum Gasteiger partial charge on any atom is -0.449 e. The molecular weight excluding hydrogens is 180 g/mol. The number of primary amides is 1. The van der Waals surface area contributed by atoms with Gasteiger partial charge >= 0.3 is 6.09 Å². The van der Waals surface area contributed by atoms with Crippen LogP contribution in [0.5, 0.6) is 0 Å². The first-order valence-corrected chi connectivity index (χ1v) is 4.30. The van der Waals surface area contributed by atoms with Gasteiger partial charge in [0, 0.05) is 12.8 Å². The van der Waals surface area contributed by atoms with E-state index in [0.717, 1.165) is 0 Å². The number of ether oxygens (including phenoxy) is 1. The van der Waals surface area contributed by atoms with E-state index in [9.17, 15) is 13.6 Å². The molecule has 0 unspecified atom stereocenters. The highest BCUT2D eigenvalue weighted by Crippen LogP contribution is 2.35. The molecule has 1 aliphatic carbocycles. The molecule has 0 saturated heterocycles. The number of rotatable bonds is 2. The Bertz CT molecular complexity index is 187. The zero-order valence-corrected chi connectivity index (χ0v) is 7.26. The van der Waals surface area contributed by atoms with Gasteiger partial charge in [-0.3, -0.25) is 0 Å². The van der Waals surface area contributed by atoms with Gasteiger partial charge in [-0.2, -0.15) is 0 Å². The standard InChI is InChI=1S/C8H13F2NO2/c9-8(10)3-1-6(2-4-8)5-13-7(11)12/h6H,1-5H2,(H2,11,12). The Hall–Kier alpha value is -0.870. The second kappa shape index (κ2) is 3.89. The number of halogens is 2. The molecule has 0 aromatic heterocycles. The molecule has 0 heterocycles. The maximum absolute atomic E-state index is 12.6. The van der Waals surface area contributed by atoms with Gasteiger partial charge in [0.05, 0.1) is 6.61 Å². The van der Waals surface area contributed by atoms with Crippen molar-refractivity contribution < 1.29 is 18.3 Å². The summed E-state index contributed by atoms with van der Waals surface area (Å²) in [6.45, 7) is 0.172. The molecule has 0 radical (unpaired) electrons. The molecule has 0 aliphatic heterocycles. The molecule has 1 rings (SSSR count). The minimum atomic E-state index is -2.52. The first kappa shape index (κ1) is 10.2. The van der Waals surface area contributed by atoms with Crippen LogP contribution in [0.3, 0.4) is 0 Å². The topological polar surface area (TPSA) is 52.3 Å². The summed E-state index contributed by atoms with van der Waals surface area (Å²) in [4.78, 5) is 10.2. The van der Waals surface area contributed by atoms with Crippen LogP contribution in [0.25, 0.3) is 0 Å². The lowest BCUT2D eigenvalue weighted by Gasteiger charge is -2.27. The third-order valence-corrected chi connectivity index (χ3v) is 2.30. The molecule has 0 aromatic carbocycles. The highest BCUT2D eigenvalue weighted by atomic mass is 19.3. The number of carbonyl (C=O) groups excluding carboxylic acids is 1. The predicted octanol–water partition coefficient (Wildman–Crippen LogP) is 1.91. The third-order valence-electron chi connectivity index (χ3n) is 2.30. The van der Waals surface area contributed by atoms with Crippen molar-refractivity contribution in [2.24, 2.45) is 11.7 Å². The zero-order valence-electron chi connectivity index (χ0n) is 7.26. The van der Waals surface area contributed by atoms with Crippen LogP contribution in [-0.4, -0.2) is 18.6 Å². The molecule has 1 fully saturated rings. The van der Waals surface area contributed by atoms with Gasteiger partial charge in [0.15, 0.2) is 0 Å². The Kier molecular flexibility index (Phi) is 3.06. The Labute approximate surface area is 75.2 Å². The molecule has 0 spiro atoms. The minimum absolute atomic E-state index is 0.0483. The summed E-state index contributed by atoms with van der Waals surface area (Å²) in [6, 6.07) is 0. The second-order valence-electron chi connectivity index (χ2n) is 3.43. The van der Waals surface area contributed by atoms with Crippen molar-refractivity contribution in [2.45, 2.75) is 31.6 Å². The van der Waals surface area contributed by atoms with Gasteiger partial charge in [-0.1, -0.05) is 0 Å². The third kappa shape index (κ3) is 3.57. The van der Waals surface area contributed by atoms with E-state index in [-0.39, 0.29) is 25.4 Å². The lowest BCUT2D eigenvalue weighted by atomic mass is 9.87. The molecule has 5 heteroatoms. The number of amides is 1. The number of carbonyl (C=O) groups is 1. The van der Waals surface area contributed by atoms with Crippen molar-refractivity contribution in [2.75, 3.05) is 6.61 Å². The quantitative estimate of drug-likeness (QED) is 0.728. The van der Waals surface area contributed by atoms with Crippen molar-refractivity contribution in [3.63, 3.8) is 0 Å². The van der Waals surface area contributed by atoms with Crippen molar-refractivity contribution in [1.82, 2.24) is 0 Å². The van der Waals surface area contributed by atoms with Gasteiger partial charge in [-0.05, 0) is 18.8 Å². The van der Waals surface area contributed by atoms with Gasteiger partial charge in [-0.15, -0.1) is 0 Å². The Morgan fingerprint density at radius 1 is 1.46 bits per heavy atom. The first-order chi connectivity index (χ1) is 5.99. The summed E-state index contributed by atoms with van der Waals surface area (Å²) < 4.78 is 29.8. The normalized spacial score (nSPS) is 22.6. The molecule has 2 N–H and O–H groups in total. The molecule has 0 bridgehead atoms. The summed E-state index contributed by atoms with van der Waals surface area (Å²) in [5.41, 5.74) is 4.75. The smallest absolute Gasteiger partial charge is 0.404 e. The van der Waals surface area contributed by atoms with E-state index in [4.69, 9.17) is 5.73 Å². The molecule has 1 amide bonds. The van der Waals surface area contributed by atoms with E-state index >= 15 is 0 Å². The van der Waals surface area contributed by atoms with Gasteiger partial charge in [0.2, 0.25) is 5.92 Å². The summed E-state index contributed by atoms with van der Waals surface area (Å²) in [5, 5.41) is 0. The van der Waals surface area contributed by atoms with Crippen LogP contribution in [0, 0.1) is 5.92 Å². The molecule has 1 aliphatic rings. The van der Waals surface area contributed by atoms with E-state index in [1.807, 2.05) is 0 Å². The molecular formula is C8H13F2NO2. The SMILES string of the molecule is NC(=O)OCC1CCC(F)(F)CC1. The average molecular weight is 193 g/mol. The summed E-state index contributed by atoms with van der Waals surface area (Å²) in [5.74, 6) is -2.48. The summed E-state index contributed by atoms with van der Waals surface area (Å²) in [7, 11) is 0. The van der Waals surface area contributed by atoms with E-state index in [2.05, 4.69) is 4.74 Å². The highest BCUT2D eigenvalue weighted by Gasteiger charge is 2.35. The molecule has 76 valence electrons. The van der Waals surface area contributed by atoms with Crippen LogP contribution >= 0.6 is 0 Å². The largest absolute Gasteiger partial charge is 0.449 e. The molecule has 1 saturated carbocycles. The van der Waals surface area contributed by atoms with Crippen LogP contribution in [0.1, 0.15) is 25.7 Å². The van der Waals surface area contributed by atoms with Crippen molar-refractivity contribution >= 4 is 6.09 Å². The fraction of sp³-hybridized carbons (Fsp3) is 0.875. The maximum Gasteiger partial charge on any atom is 0.404 e. The molecule has 0 aromatic rings. The Morgan fingerprint density at radius 3 is 2.46 bits per heavy atom. The van der Waals surface area contributed by atoms with Crippen molar-refractivity contribution in [3.05, 3.63) is 0 Å². The fourth-order valence-electron chi connectivity index (χ4n) is 1.47. The van der Waals surface area contributed by atoms with Gasteiger partial charge in [0.1, 0.15) is 0 Å². The van der Waals surface area contributed by atoms with E-state index in [1.165, 1.54) is 0 Å². The number of hydrogen-bond donors (Lipinski definition) is 1. The highest BCUT2D eigenvalue weighted by molar-refractivity contribution is 5.64. The van der Waals surface area contributed by atoms with Crippen LogP contribution in [-0.2, 0) is 4.74 Å². The fourth-order valence-corrected chi connectivity index (χ4v) is 1.47. The summed E-state index contributed by atoms with van der Waals surface area (Å²) >= 11 is 0. The van der Waals surface area contributed by atoms with E-state index < -0.39 is 12.0 Å². The predicted molar refractivity (Wildman–Crippen MR) is 42.4 cm³/mol. The zero-order chi connectivity index (χ0) is 9.90. The van der Waals surface area contributed by atoms with Gasteiger partial charge in [0.25, 0.3) is 0 Å². The second-order valence-corrected chi connectivity index (χ2v) is 3.43. The van der Waals surface area contributed by atoms with Crippen LogP contribution in [0.4, 0.5) is 13.6 Å². The first-order valence-electron chi connectivity index (χ1n) is 4.30. The lowest BCUT2D eigenvalue weighted by molar-refractivity contribution is -0.0513. The molecule has 0 atom stereocenters. The van der Waals surface area contributed by atoms with E-state index in [1.54, 1.807) is 0 Å². The maximum atomic E-state index is 12.6. The average Bonchev–Trinajstić information content (AvgIpc) is 2.02. The van der Waals surface area contributed by atoms with Crippen LogP contribution in [0.15, 0.2) is 0 Å². The number of nitrogens with two attached hydrogens (primary N) is 1. The number of alkyl halides is 2. The lowest BCUT2D eigenvalue weighted by Crippen LogP contribution is -2.28. The van der Waals surface area contributed by atoms with E-state index in [0.29, 0.717) is 12.8 Å². The molecule has 3 nitrogen and oxygen atoms in total. The Balaban J connectivity index is 2.21. The van der Waals surface area contributed by atoms with Crippen LogP contribution in [0.2, 0.25) is 0 Å². The summed E-state index contributed by atoms with van der Waals surface area (Å²) in [6.07, 6.45) is -0.252. The number of hydrogen-bond acceptors (Lipinski definition) is 2. The Morgan fingerprint density at radius 2 is 2.00 bits per heavy atom.